The molecule has 120 valence electrons. The summed E-state index contributed by atoms with van der Waals surface area (Å²) in [6.45, 7) is 4.86. The van der Waals surface area contributed by atoms with Crippen LogP contribution in [0.1, 0.15) is 46.8 Å². The Kier molecular flexibility index (Phi) is 3.49. The van der Waals surface area contributed by atoms with Gasteiger partial charge in [-0.2, -0.15) is 0 Å². The van der Waals surface area contributed by atoms with E-state index in [4.69, 9.17) is 9.47 Å². The molecular weight excluding hydrogens is 300 g/mol. The van der Waals surface area contributed by atoms with Crippen molar-refractivity contribution in [1.82, 2.24) is 0 Å². The second-order valence-corrected chi connectivity index (χ2v) is 6.33. The molecule has 0 fully saturated rings. The fourth-order valence-electron chi connectivity index (χ4n) is 2.97. The molecule has 0 N–H and O–H groups in total. The number of rotatable bonds is 2. The Morgan fingerprint density at radius 3 is 2.62 bits per heavy atom. The molecule has 0 aliphatic carbocycles. The molecule has 2 aliphatic heterocycles. The smallest absolute Gasteiger partial charge is 0.231 e. The van der Waals surface area contributed by atoms with Crippen LogP contribution in [0, 0.1) is 0 Å². The third kappa shape index (κ3) is 2.42. The predicted octanol–water partition coefficient (Wildman–Crippen LogP) is 4.83. The lowest BCUT2D eigenvalue weighted by Crippen LogP contribution is -2.01. The molecule has 0 spiro atoms. The van der Waals surface area contributed by atoms with Crippen molar-refractivity contribution in [1.29, 1.82) is 0 Å². The third-order valence-corrected chi connectivity index (χ3v) is 4.36. The highest BCUT2D eigenvalue weighted by atomic mass is 16.5. The Morgan fingerprint density at radius 2 is 1.88 bits per heavy atom. The molecule has 0 amide bonds. The molecule has 4 rings (SSSR count). The zero-order valence-corrected chi connectivity index (χ0v) is 13.7. The number of carbonyl (C=O) groups is 1. The number of hydrogen-bond acceptors (Lipinski definition) is 3. The first-order valence-electron chi connectivity index (χ1n) is 8.14. The van der Waals surface area contributed by atoms with Crippen LogP contribution in [0.15, 0.2) is 48.2 Å². The van der Waals surface area contributed by atoms with Gasteiger partial charge in [0.05, 0.1) is 11.1 Å². The zero-order valence-electron chi connectivity index (χ0n) is 13.7. The minimum absolute atomic E-state index is 0.0836. The molecule has 2 heterocycles. The summed E-state index contributed by atoms with van der Waals surface area (Å²) >= 11 is 0. The van der Waals surface area contributed by atoms with Crippen LogP contribution in [-0.4, -0.2) is 12.4 Å². The molecule has 2 aromatic carbocycles. The molecule has 0 saturated carbocycles. The van der Waals surface area contributed by atoms with Crippen molar-refractivity contribution >= 4 is 17.9 Å². The molecule has 0 atom stereocenters. The first-order valence-corrected chi connectivity index (χ1v) is 8.14. The number of fused-ring (bicyclic) bond motifs is 3. The molecule has 0 saturated heterocycles. The van der Waals surface area contributed by atoms with Crippen LogP contribution in [0.3, 0.4) is 0 Å². The highest BCUT2D eigenvalue weighted by Gasteiger charge is 2.31. The highest BCUT2D eigenvalue weighted by Crippen LogP contribution is 2.41. The van der Waals surface area contributed by atoms with Crippen molar-refractivity contribution in [3.63, 3.8) is 0 Å². The molecule has 0 unspecified atom stereocenters. The van der Waals surface area contributed by atoms with Crippen LogP contribution < -0.4 is 9.47 Å². The number of benzene rings is 2. The average Bonchev–Trinajstić information content (AvgIpc) is 2.92. The SMILES string of the molecule is CC(C)c1ccc(/C=C2\Oc3c(ccc4c3C=CCO4)C2=O)cc1. The molecule has 0 bridgehead atoms. The van der Waals surface area contributed by atoms with Crippen LogP contribution in [0.5, 0.6) is 11.5 Å². The van der Waals surface area contributed by atoms with E-state index in [1.165, 1.54) is 5.56 Å². The summed E-state index contributed by atoms with van der Waals surface area (Å²) in [6.07, 6.45) is 5.67. The van der Waals surface area contributed by atoms with E-state index in [1.807, 2.05) is 30.4 Å². The monoisotopic (exact) mass is 318 g/mol. The predicted molar refractivity (Wildman–Crippen MR) is 94.4 cm³/mol. The maximum Gasteiger partial charge on any atom is 0.231 e. The van der Waals surface area contributed by atoms with Crippen molar-refractivity contribution in [3.8, 4) is 11.5 Å². The second kappa shape index (κ2) is 5.68. The third-order valence-electron chi connectivity index (χ3n) is 4.36. The summed E-state index contributed by atoms with van der Waals surface area (Å²) in [6, 6.07) is 11.8. The molecule has 2 aliphatic rings. The average molecular weight is 318 g/mol. The summed E-state index contributed by atoms with van der Waals surface area (Å²) in [4.78, 5) is 12.6. The van der Waals surface area contributed by atoms with Gasteiger partial charge in [0, 0.05) is 0 Å². The van der Waals surface area contributed by atoms with E-state index in [2.05, 4.69) is 26.0 Å². The van der Waals surface area contributed by atoms with Gasteiger partial charge in [-0.3, -0.25) is 4.79 Å². The van der Waals surface area contributed by atoms with Gasteiger partial charge in [0.15, 0.2) is 5.76 Å². The standard InChI is InChI=1S/C21H18O3/c1-13(2)15-7-5-14(6-8-15)12-19-20(22)17-9-10-18-16(21(17)24-19)4-3-11-23-18/h3-10,12-13H,11H2,1-2H3/b19-12-. The van der Waals surface area contributed by atoms with Crippen molar-refractivity contribution in [2.24, 2.45) is 0 Å². The lowest BCUT2D eigenvalue weighted by Gasteiger charge is -2.14. The van der Waals surface area contributed by atoms with Gasteiger partial charge in [0.2, 0.25) is 5.78 Å². The van der Waals surface area contributed by atoms with E-state index in [1.54, 1.807) is 12.1 Å². The van der Waals surface area contributed by atoms with Crippen LogP contribution in [0.2, 0.25) is 0 Å². The summed E-state index contributed by atoms with van der Waals surface area (Å²) in [5.41, 5.74) is 3.66. The summed E-state index contributed by atoms with van der Waals surface area (Å²) in [5, 5.41) is 0. The minimum atomic E-state index is -0.0836. The second-order valence-electron chi connectivity index (χ2n) is 6.33. The van der Waals surface area contributed by atoms with E-state index < -0.39 is 0 Å². The Hall–Kier alpha value is -2.81. The van der Waals surface area contributed by atoms with Crippen LogP contribution in [0.4, 0.5) is 0 Å². The van der Waals surface area contributed by atoms with Crippen molar-refractivity contribution in [2.75, 3.05) is 6.61 Å². The molecule has 0 aromatic heterocycles. The first-order chi connectivity index (χ1) is 11.6. The molecule has 3 heteroatoms. The first kappa shape index (κ1) is 14.8. The Balaban J connectivity index is 1.69. The molecule has 24 heavy (non-hydrogen) atoms. The number of ketones is 1. The van der Waals surface area contributed by atoms with Gasteiger partial charge in [-0.05, 0) is 47.4 Å². The quantitative estimate of drug-likeness (QED) is 0.744. The van der Waals surface area contributed by atoms with Crippen LogP contribution in [0.25, 0.3) is 12.2 Å². The van der Waals surface area contributed by atoms with Gasteiger partial charge in [0.25, 0.3) is 0 Å². The van der Waals surface area contributed by atoms with Gasteiger partial charge in [0.1, 0.15) is 18.1 Å². The van der Waals surface area contributed by atoms with Crippen LogP contribution in [-0.2, 0) is 0 Å². The van der Waals surface area contributed by atoms with E-state index in [0.29, 0.717) is 29.6 Å². The molecule has 2 aromatic rings. The van der Waals surface area contributed by atoms with E-state index in [9.17, 15) is 4.79 Å². The summed E-state index contributed by atoms with van der Waals surface area (Å²) in [5.74, 6) is 2.11. The largest absolute Gasteiger partial charge is 0.489 e. The fourth-order valence-corrected chi connectivity index (χ4v) is 2.97. The zero-order chi connectivity index (χ0) is 16.7. The topological polar surface area (TPSA) is 35.5 Å². The van der Waals surface area contributed by atoms with Gasteiger partial charge in [-0.1, -0.05) is 38.1 Å². The molecular formula is C21H18O3. The number of Topliss-reactive ketones (excluding diaryl/α,β-unsaturated/α-hetero) is 1. The number of ether oxygens (including phenoxy) is 2. The Morgan fingerprint density at radius 1 is 1.08 bits per heavy atom. The van der Waals surface area contributed by atoms with Gasteiger partial charge < -0.3 is 9.47 Å². The number of allylic oxidation sites excluding steroid dienone is 1. The fraction of sp³-hybridized carbons (Fsp3) is 0.190. The maximum atomic E-state index is 12.6. The Labute approximate surface area is 141 Å². The van der Waals surface area contributed by atoms with Crippen molar-refractivity contribution < 1.29 is 14.3 Å². The van der Waals surface area contributed by atoms with Gasteiger partial charge >= 0.3 is 0 Å². The highest BCUT2D eigenvalue weighted by molar-refractivity contribution is 6.15. The minimum Gasteiger partial charge on any atom is -0.489 e. The van der Waals surface area contributed by atoms with Crippen molar-refractivity contribution in [2.45, 2.75) is 19.8 Å². The maximum absolute atomic E-state index is 12.6. The normalized spacial score (nSPS) is 16.8. The van der Waals surface area contributed by atoms with E-state index in [0.717, 1.165) is 16.9 Å². The Bertz CT molecular complexity index is 871. The molecule has 0 radical (unpaired) electrons. The number of hydrogen-bond donors (Lipinski definition) is 0. The van der Waals surface area contributed by atoms with Crippen molar-refractivity contribution in [3.05, 3.63) is 70.5 Å². The lowest BCUT2D eigenvalue weighted by molar-refractivity contribution is 0.101. The summed E-state index contributed by atoms with van der Waals surface area (Å²) < 4.78 is 11.5. The molecule has 3 nitrogen and oxygen atoms in total. The van der Waals surface area contributed by atoms with Gasteiger partial charge in [-0.25, -0.2) is 0 Å². The summed E-state index contributed by atoms with van der Waals surface area (Å²) in [7, 11) is 0. The van der Waals surface area contributed by atoms with Crippen LogP contribution >= 0.6 is 0 Å². The number of carbonyl (C=O) groups excluding carboxylic acids is 1. The van der Waals surface area contributed by atoms with E-state index in [-0.39, 0.29) is 5.78 Å². The lowest BCUT2D eigenvalue weighted by atomic mass is 10.0. The van der Waals surface area contributed by atoms with E-state index >= 15 is 0 Å². The van der Waals surface area contributed by atoms with Gasteiger partial charge in [-0.15, -0.1) is 0 Å².